The van der Waals surface area contributed by atoms with Crippen LogP contribution in [0.2, 0.25) is 0 Å². The van der Waals surface area contributed by atoms with Crippen molar-refractivity contribution in [1.82, 2.24) is 4.98 Å². The molecule has 3 heteroatoms. The molecule has 1 aromatic carbocycles. The smallest absolute Gasteiger partial charge is 0.102 e. The monoisotopic (exact) mass is 249 g/mol. The van der Waals surface area contributed by atoms with E-state index >= 15 is 0 Å². The molecule has 1 aromatic heterocycles. The molecule has 0 radical (unpaired) electrons. The van der Waals surface area contributed by atoms with E-state index in [4.69, 9.17) is 5.73 Å². The maximum Gasteiger partial charge on any atom is 0.102 e. The molecule has 0 saturated heterocycles. The molecule has 0 amide bonds. The van der Waals surface area contributed by atoms with E-state index in [0.29, 0.717) is 11.3 Å². The molecule has 1 heterocycles. The van der Waals surface area contributed by atoms with Crippen molar-refractivity contribution in [2.45, 2.75) is 13.8 Å². The van der Waals surface area contributed by atoms with Gasteiger partial charge in [0.15, 0.2) is 0 Å². The van der Waals surface area contributed by atoms with Gasteiger partial charge in [-0.25, -0.2) is 0 Å². The maximum atomic E-state index is 9.38. The Hall–Kier alpha value is -2.60. The third-order valence-electron chi connectivity index (χ3n) is 3.10. The van der Waals surface area contributed by atoms with E-state index in [0.717, 1.165) is 22.3 Å². The second kappa shape index (κ2) is 5.36. The zero-order chi connectivity index (χ0) is 13.8. The lowest BCUT2D eigenvalue weighted by molar-refractivity contribution is 1.30. The number of benzene rings is 1. The molecular weight excluding hydrogens is 234 g/mol. The van der Waals surface area contributed by atoms with Gasteiger partial charge in [-0.15, -0.1) is 0 Å². The summed E-state index contributed by atoms with van der Waals surface area (Å²) in [5.41, 5.74) is 11.1. The van der Waals surface area contributed by atoms with Crippen molar-refractivity contribution in [3.05, 3.63) is 65.0 Å². The van der Waals surface area contributed by atoms with Gasteiger partial charge in [0.2, 0.25) is 0 Å². The van der Waals surface area contributed by atoms with Gasteiger partial charge in [0, 0.05) is 18.0 Å². The molecule has 2 rings (SSSR count). The van der Waals surface area contributed by atoms with Crippen LogP contribution in [0.25, 0.3) is 11.3 Å². The van der Waals surface area contributed by atoms with Crippen molar-refractivity contribution in [1.29, 1.82) is 5.26 Å². The lowest BCUT2D eigenvalue weighted by atomic mass is 9.95. The summed E-state index contributed by atoms with van der Waals surface area (Å²) < 4.78 is 0. The van der Waals surface area contributed by atoms with E-state index in [9.17, 15) is 5.26 Å². The van der Waals surface area contributed by atoms with Crippen molar-refractivity contribution in [3.63, 3.8) is 0 Å². The summed E-state index contributed by atoms with van der Waals surface area (Å²) in [6, 6.07) is 11.8. The highest BCUT2D eigenvalue weighted by atomic mass is 14.6. The Kier molecular flexibility index (Phi) is 3.63. The highest BCUT2D eigenvalue weighted by Crippen LogP contribution is 2.26. The molecule has 0 fully saturated rings. The summed E-state index contributed by atoms with van der Waals surface area (Å²) in [7, 11) is 0. The number of allylic oxidation sites excluding steroid dienone is 1. The molecule has 19 heavy (non-hydrogen) atoms. The Morgan fingerprint density at radius 2 is 1.68 bits per heavy atom. The standard InChI is InChI=1S/C16H15N3/c1-11-4-3-5-12(2)15(11)16(18)14(10-17)13-6-8-19-9-7-13/h3-9H,18H2,1-2H3/b16-14+. The Bertz CT molecular complexity index is 644. The normalized spacial score (nSPS) is 11.6. The molecule has 3 nitrogen and oxygen atoms in total. The maximum absolute atomic E-state index is 9.38. The highest BCUT2D eigenvalue weighted by Gasteiger charge is 2.12. The lowest BCUT2D eigenvalue weighted by Crippen LogP contribution is -2.04. The fraction of sp³-hybridized carbons (Fsp3) is 0.125. The summed E-state index contributed by atoms with van der Waals surface area (Å²) in [4.78, 5) is 3.96. The predicted octanol–water partition coefficient (Wildman–Crippen LogP) is 3.05. The van der Waals surface area contributed by atoms with Crippen LogP contribution < -0.4 is 5.73 Å². The molecule has 0 spiro atoms. The van der Waals surface area contributed by atoms with Crippen molar-refractivity contribution >= 4 is 11.3 Å². The Morgan fingerprint density at radius 3 is 2.21 bits per heavy atom. The molecule has 0 saturated carbocycles. The average Bonchev–Trinajstić information content (AvgIpc) is 2.40. The molecule has 2 aromatic rings. The number of rotatable bonds is 2. The van der Waals surface area contributed by atoms with Gasteiger partial charge in [0.25, 0.3) is 0 Å². The van der Waals surface area contributed by atoms with Gasteiger partial charge >= 0.3 is 0 Å². The van der Waals surface area contributed by atoms with E-state index in [2.05, 4.69) is 11.1 Å². The molecule has 2 N–H and O–H groups in total. The molecule has 0 aliphatic heterocycles. The Labute approximate surface area is 113 Å². The van der Waals surface area contributed by atoms with Crippen LogP contribution in [0.1, 0.15) is 22.3 Å². The number of aryl methyl sites for hydroxylation is 2. The van der Waals surface area contributed by atoms with E-state index in [-0.39, 0.29) is 0 Å². The topological polar surface area (TPSA) is 62.7 Å². The summed E-state index contributed by atoms with van der Waals surface area (Å²) in [6.07, 6.45) is 3.31. The SMILES string of the molecule is Cc1cccc(C)c1/C(N)=C(/C#N)c1ccncc1. The van der Waals surface area contributed by atoms with Crippen LogP contribution in [0, 0.1) is 25.2 Å². The van der Waals surface area contributed by atoms with Gasteiger partial charge in [-0.2, -0.15) is 5.26 Å². The first kappa shape index (κ1) is 12.8. The number of hydrogen-bond acceptors (Lipinski definition) is 3. The van der Waals surface area contributed by atoms with Gasteiger partial charge < -0.3 is 5.73 Å². The van der Waals surface area contributed by atoms with E-state index in [1.54, 1.807) is 24.5 Å². The fourth-order valence-corrected chi connectivity index (χ4v) is 2.16. The van der Waals surface area contributed by atoms with Crippen molar-refractivity contribution in [2.24, 2.45) is 5.73 Å². The van der Waals surface area contributed by atoms with Crippen LogP contribution in [0.3, 0.4) is 0 Å². The second-order valence-corrected chi connectivity index (χ2v) is 4.40. The highest BCUT2D eigenvalue weighted by molar-refractivity contribution is 5.97. The molecule has 0 bridgehead atoms. The van der Waals surface area contributed by atoms with Gasteiger partial charge in [-0.3, -0.25) is 4.98 Å². The largest absolute Gasteiger partial charge is 0.397 e. The summed E-state index contributed by atoms with van der Waals surface area (Å²) >= 11 is 0. The van der Waals surface area contributed by atoms with E-state index < -0.39 is 0 Å². The van der Waals surface area contributed by atoms with Crippen molar-refractivity contribution < 1.29 is 0 Å². The predicted molar refractivity (Wildman–Crippen MR) is 76.8 cm³/mol. The molecular formula is C16H15N3. The summed E-state index contributed by atoms with van der Waals surface area (Å²) in [5.74, 6) is 0. The van der Waals surface area contributed by atoms with Crippen LogP contribution in [-0.4, -0.2) is 4.98 Å². The molecule has 0 atom stereocenters. The quantitative estimate of drug-likeness (QED) is 0.832. The van der Waals surface area contributed by atoms with Crippen LogP contribution in [0.4, 0.5) is 0 Å². The molecule has 0 unspecified atom stereocenters. The Morgan fingerprint density at radius 1 is 1.11 bits per heavy atom. The van der Waals surface area contributed by atoms with Crippen molar-refractivity contribution in [3.8, 4) is 6.07 Å². The third kappa shape index (κ3) is 2.48. The summed E-state index contributed by atoms with van der Waals surface area (Å²) in [6.45, 7) is 3.99. The minimum Gasteiger partial charge on any atom is -0.397 e. The Balaban J connectivity index is 2.67. The fourth-order valence-electron chi connectivity index (χ4n) is 2.16. The molecule has 0 aliphatic rings. The van der Waals surface area contributed by atoms with Crippen molar-refractivity contribution in [2.75, 3.05) is 0 Å². The van der Waals surface area contributed by atoms with Gasteiger partial charge in [0.1, 0.15) is 6.07 Å². The molecule has 94 valence electrons. The van der Waals surface area contributed by atoms with Crippen LogP contribution in [0.5, 0.6) is 0 Å². The first-order valence-corrected chi connectivity index (χ1v) is 6.02. The summed E-state index contributed by atoms with van der Waals surface area (Å²) in [5, 5.41) is 9.38. The zero-order valence-corrected chi connectivity index (χ0v) is 11.0. The number of pyridine rings is 1. The minimum absolute atomic E-state index is 0.486. The second-order valence-electron chi connectivity index (χ2n) is 4.40. The van der Waals surface area contributed by atoms with Gasteiger partial charge in [0.05, 0.1) is 11.3 Å². The third-order valence-corrected chi connectivity index (χ3v) is 3.10. The minimum atomic E-state index is 0.486. The number of hydrogen-bond donors (Lipinski definition) is 1. The number of nitriles is 1. The number of nitrogens with zero attached hydrogens (tertiary/aromatic N) is 2. The average molecular weight is 249 g/mol. The van der Waals surface area contributed by atoms with Gasteiger partial charge in [-0.1, -0.05) is 18.2 Å². The first-order chi connectivity index (χ1) is 9.15. The lowest BCUT2D eigenvalue weighted by Gasteiger charge is -2.12. The van der Waals surface area contributed by atoms with E-state index in [1.807, 2.05) is 32.0 Å². The van der Waals surface area contributed by atoms with Crippen LogP contribution in [-0.2, 0) is 0 Å². The van der Waals surface area contributed by atoms with E-state index in [1.165, 1.54) is 0 Å². The molecule has 0 aliphatic carbocycles. The number of aromatic nitrogens is 1. The zero-order valence-electron chi connectivity index (χ0n) is 11.0. The van der Waals surface area contributed by atoms with Crippen LogP contribution >= 0.6 is 0 Å². The van der Waals surface area contributed by atoms with Gasteiger partial charge in [-0.05, 0) is 42.7 Å². The first-order valence-electron chi connectivity index (χ1n) is 6.02. The number of nitrogens with two attached hydrogens (primary N) is 1. The van der Waals surface area contributed by atoms with Crippen LogP contribution in [0.15, 0.2) is 42.7 Å².